The number of urea groups is 1. The van der Waals surface area contributed by atoms with Crippen LogP contribution >= 0.6 is 0 Å². The fraction of sp³-hybridized carbons (Fsp3) is 0.722. The molecule has 1 N–H and O–H groups in total. The Morgan fingerprint density at radius 3 is 2.50 bits per heavy atom. The van der Waals surface area contributed by atoms with Crippen LogP contribution in [0.2, 0.25) is 0 Å². The van der Waals surface area contributed by atoms with Crippen molar-refractivity contribution < 1.29 is 4.79 Å². The minimum absolute atomic E-state index is 0.0121. The molecule has 2 aliphatic rings. The van der Waals surface area contributed by atoms with Crippen molar-refractivity contribution in [1.29, 1.82) is 0 Å². The Labute approximate surface area is 144 Å². The van der Waals surface area contributed by atoms with E-state index in [1.165, 1.54) is 25.7 Å². The van der Waals surface area contributed by atoms with Gasteiger partial charge in [-0.2, -0.15) is 0 Å². The third kappa shape index (κ3) is 3.62. The molecule has 0 spiro atoms. The van der Waals surface area contributed by atoms with Crippen LogP contribution in [-0.4, -0.2) is 48.1 Å². The summed E-state index contributed by atoms with van der Waals surface area (Å²) in [6, 6.07) is 0.240. The van der Waals surface area contributed by atoms with Gasteiger partial charge in [-0.3, -0.25) is 0 Å². The first-order valence-corrected chi connectivity index (χ1v) is 8.94. The zero-order chi connectivity index (χ0) is 17.3. The molecule has 1 aromatic rings. The summed E-state index contributed by atoms with van der Waals surface area (Å²) in [5.74, 6) is 3.06. The van der Waals surface area contributed by atoms with E-state index in [0.29, 0.717) is 18.4 Å². The van der Waals surface area contributed by atoms with Crippen LogP contribution in [0.3, 0.4) is 0 Å². The van der Waals surface area contributed by atoms with Crippen LogP contribution in [0.1, 0.15) is 38.2 Å². The molecule has 4 atom stereocenters. The molecule has 0 aromatic carbocycles. The first-order chi connectivity index (χ1) is 11.4. The fourth-order valence-electron chi connectivity index (χ4n) is 4.32. The standard InChI is InChI=1S/C18H29N5O/c1-12(16-8-13-5-6-15(16)7-13)21-18(24)23(4)11-14-9-19-17(20-10-14)22(2)3/h9-10,12-13,15-16H,5-8,11H2,1-4H3,(H,21,24)/t12-,13-,15-,16+/m0/s1. The zero-order valence-corrected chi connectivity index (χ0v) is 15.2. The van der Waals surface area contributed by atoms with Crippen molar-refractivity contribution >= 4 is 12.0 Å². The molecule has 2 fully saturated rings. The smallest absolute Gasteiger partial charge is 0.317 e. The van der Waals surface area contributed by atoms with Gasteiger partial charge in [-0.15, -0.1) is 0 Å². The van der Waals surface area contributed by atoms with Crippen molar-refractivity contribution in [3.8, 4) is 0 Å². The molecule has 0 saturated heterocycles. The third-order valence-corrected chi connectivity index (χ3v) is 5.64. The first-order valence-electron chi connectivity index (χ1n) is 8.94. The van der Waals surface area contributed by atoms with Crippen molar-refractivity contribution in [2.75, 3.05) is 26.0 Å². The van der Waals surface area contributed by atoms with Crippen LogP contribution < -0.4 is 10.2 Å². The number of anilines is 1. The normalized spacial score (nSPS) is 26.2. The molecule has 0 aliphatic heterocycles. The van der Waals surface area contributed by atoms with Crippen molar-refractivity contribution in [2.45, 2.75) is 45.2 Å². The molecular weight excluding hydrogens is 302 g/mol. The average Bonchev–Trinajstić information content (AvgIpc) is 3.18. The summed E-state index contributed by atoms with van der Waals surface area (Å²) in [6.07, 6.45) is 8.97. The molecule has 2 aliphatic carbocycles. The number of carbonyl (C=O) groups excluding carboxylic acids is 1. The minimum atomic E-state index is -0.0121. The predicted octanol–water partition coefficient (Wildman–Crippen LogP) is 2.51. The van der Waals surface area contributed by atoms with E-state index in [-0.39, 0.29) is 12.1 Å². The number of carbonyl (C=O) groups is 1. The maximum Gasteiger partial charge on any atom is 0.317 e. The Morgan fingerprint density at radius 1 is 1.25 bits per heavy atom. The van der Waals surface area contributed by atoms with E-state index >= 15 is 0 Å². The number of nitrogens with one attached hydrogen (secondary N) is 1. The van der Waals surface area contributed by atoms with Crippen molar-refractivity contribution in [2.24, 2.45) is 17.8 Å². The van der Waals surface area contributed by atoms with E-state index in [1.807, 2.05) is 26.0 Å². The summed E-state index contributed by atoms with van der Waals surface area (Å²) < 4.78 is 0. The highest BCUT2D eigenvalue weighted by molar-refractivity contribution is 5.74. The number of amides is 2. The Bertz CT molecular complexity index is 573. The van der Waals surface area contributed by atoms with Gasteiger partial charge in [-0.25, -0.2) is 14.8 Å². The van der Waals surface area contributed by atoms with Crippen molar-refractivity contribution in [3.05, 3.63) is 18.0 Å². The number of hydrogen-bond acceptors (Lipinski definition) is 4. The highest BCUT2D eigenvalue weighted by Crippen LogP contribution is 2.49. The van der Waals surface area contributed by atoms with Crippen LogP contribution in [0.4, 0.5) is 10.7 Å². The Morgan fingerprint density at radius 2 is 1.96 bits per heavy atom. The molecule has 2 amide bonds. The van der Waals surface area contributed by atoms with E-state index in [9.17, 15) is 4.79 Å². The van der Waals surface area contributed by atoms with Gasteiger partial charge < -0.3 is 15.1 Å². The first kappa shape index (κ1) is 17.0. The fourth-order valence-corrected chi connectivity index (χ4v) is 4.32. The minimum Gasteiger partial charge on any atom is -0.347 e. The van der Waals surface area contributed by atoms with Crippen LogP contribution in [0.5, 0.6) is 0 Å². The van der Waals surface area contributed by atoms with Crippen molar-refractivity contribution in [3.63, 3.8) is 0 Å². The molecule has 0 radical (unpaired) electrons. The van der Waals surface area contributed by atoms with E-state index in [0.717, 1.165) is 17.4 Å². The van der Waals surface area contributed by atoms with Gasteiger partial charge in [-0.1, -0.05) is 6.42 Å². The van der Waals surface area contributed by atoms with Gasteiger partial charge in [0.05, 0.1) is 6.54 Å². The monoisotopic (exact) mass is 331 g/mol. The van der Waals surface area contributed by atoms with Gasteiger partial charge in [0, 0.05) is 45.1 Å². The summed E-state index contributed by atoms with van der Waals surface area (Å²) in [4.78, 5) is 24.6. The highest BCUT2D eigenvalue weighted by atomic mass is 16.2. The van der Waals surface area contributed by atoms with Crippen LogP contribution in [0.25, 0.3) is 0 Å². The molecule has 1 heterocycles. The molecular formula is C18H29N5O. The topological polar surface area (TPSA) is 61.4 Å². The number of aromatic nitrogens is 2. The van der Waals surface area contributed by atoms with Gasteiger partial charge in [0.1, 0.15) is 0 Å². The third-order valence-electron chi connectivity index (χ3n) is 5.64. The summed E-state index contributed by atoms with van der Waals surface area (Å²) >= 11 is 0. The predicted molar refractivity (Wildman–Crippen MR) is 94.8 cm³/mol. The van der Waals surface area contributed by atoms with Gasteiger partial charge in [0.2, 0.25) is 5.95 Å². The van der Waals surface area contributed by atoms with E-state index in [1.54, 1.807) is 17.3 Å². The van der Waals surface area contributed by atoms with Crippen LogP contribution in [0.15, 0.2) is 12.4 Å². The van der Waals surface area contributed by atoms with Gasteiger partial charge in [-0.05, 0) is 43.9 Å². The average molecular weight is 331 g/mol. The number of fused-ring (bicyclic) bond motifs is 2. The number of nitrogens with zero attached hydrogens (tertiary/aromatic N) is 4. The molecule has 2 saturated carbocycles. The Balaban J connectivity index is 1.51. The molecule has 3 rings (SSSR count). The molecule has 132 valence electrons. The molecule has 0 unspecified atom stereocenters. The van der Waals surface area contributed by atoms with Crippen molar-refractivity contribution in [1.82, 2.24) is 20.2 Å². The van der Waals surface area contributed by atoms with E-state index in [2.05, 4.69) is 22.2 Å². The lowest BCUT2D eigenvalue weighted by Gasteiger charge is -2.30. The maximum atomic E-state index is 12.5. The summed E-state index contributed by atoms with van der Waals surface area (Å²) in [5, 5.41) is 3.19. The molecule has 1 aromatic heterocycles. The van der Waals surface area contributed by atoms with E-state index in [4.69, 9.17) is 0 Å². The van der Waals surface area contributed by atoms with E-state index < -0.39 is 0 Å². The second kappa shape index (κ2) is 6.95. The molecule has 6 heteroatoms. The van der Waals surface area contributed by atoms with Gasteiger partial charge in [0.25, 0.3) is 0 Å². The highest BCUT2D eigenvalue weighted by Gasteiger charge is 2.42. The quantitative estimate of drug-likeness (QED) is 0.900. The zero-order valence-electron chi connectivity index (χ0n) is 15.2. The number of hydrogen-bond donors (Lipinski definition) is 1. The molecule has 2 bridgehead atoms. The maximum absolute atomic E-state index is 12.5. The van der Waals surface area contributed by atoms with Crippen LogP contribution in [-0.2, 0) is 6.54 Å². The van der Waals surface area contributed by atoms with Gasteiger partial charge >= 0.3 is 6.03 Å². The lowest BCUT2D eigenvalue weighted by molar-refractivity contribution is 0.190. The summed E-state index contributed by atoms with van der Waals surface area (Å²) in [5.41, 5.74) is 0.936. The van der Waals surface area contributed by atoms with Gasteiger partial charge in [0.15, 0.2) is 0 Å². The molecule has 24 heavy (non-hydrogen) atoms. The molecule has 6 nitrogen and oxygen atoms in total. The Kier molecular flexibility index (Phi) is 4.92. The second-order valence-corrected chi connectivity index (χ2v) is 7.72. The largest absolute Gasteiger partial charge is 0.347 e. The van der Waals surface area contributed by atoms with Crippen LogP contribution in [0, 0.1) is 17.8 Å². The SMILES string of the molecule is C[C@H](NC(=O)N(C)Cc1cnc(N(C)C)nc1)[C@H]1C[C@H]2CC[C@H]1C2. The second-order valence-electron chi connectivity index (χ2n) is 7.72. The lowest BCUT2D eigenvalue weighted by atomic mass is 9.84. The number of rotatable bonds is 5. The summed E-state index contributed by atoms with van der Waals surface area (Å²) in [6.45, 7) is 2.68. The Hall–Kier alpha value is -1.85. The lowest BCUT2D eigenvalue weighted by Crippen LogP contribution is -2.45. The summed E-state index contributed by atoms with van der Waals surface area (Å²) in [7, 11) is 5.64.